The molecule has 0 aromatic rings. The van der Waals surface area contributed by atoms with Crippen LogP contribution >= 0.6 is 0 Å². The summed E-state index contributed by atoms with van der Waals surface area (Å²) in [6, 6.07) is 0. The molecule has 3 N–H and O–H groups in total. The molecule has 2 saturated heterocycles. The average Bonchev–Trinajstić information content (AvgIpc) is 2.56. The molecule has 4 atom stereocenters. The molecular weight excluding hydrogens is 166 g/mol. The molecule has 0 amide bonds. The van der Waals surface area contributed by atoms with Crippen molar-refractivity contribution in [3.05, 3.63) is 0 Å². The summed E-state index contributed by atoms with van der Waals surface area (Å²) < 4.78 is 5.73. The second-order valence-electron chi connectivity index (χ2n) is 4.49. The predicted octanol–water partition coefficient (Wildman–Crippen LogP) is 0.654. The molecule has 0 radical (unpaired) electrons. The minimum absolute atomic E-state index is 0.0461. The molecule has 0 aromatic carbocycles. The van der Waals surface area contributed by atoms with Crippen molar-refractivity contribution in [2.75, 3.05) is 6.54 Å². The van der Waals surface area contributed by atoms with E-state index in [2.05, 4.69) is 0 Å². The van der Waals surface area contributed by atoms with Crippen LogP contribution in [0.1, 0.15) is 32.6 Å². The predicted molar refractivity (Wildman–Crippen MR) is 50.3 cm³/mol. The van der Waals surface area contributed by atoms with E-state index in [4.69, 9.17) is 10.5 Å². The van der Waals surface area contributed by atoms with Crippen molar-refractivity contribution in [3.8, 4) is 0 Å². The van der Waals surface area contributed by atoms with Crippen molar-refractivity contribution in [1.29, 1.82) is 0 Å². The van der Waals surface area contributed by atoms with Crippen molar-refractivity contribution in [3.63, 3.8) is 0 Å². The number of hydrogen-bond donors (Lipinski definition) is 2. The molecule has 0 aromatic heterocycles. The van der Waals surface area contributed by atoms with Gasteiger partial charge in [0, 0.05) is 0 Å². The number of nitrogens with two attached hydrogens (primary N) is 1. The van der Waals surface area contributed by atoms with Gasteiger partial charge in [0.05, 0.1) is 17.8 Å². The Kier molecular flexibility index (Phi) is 2.34. The fourth-order valence-corrected chi connectivity index (χ4v) is 2.61. The van der Waals surface area contributed by atoms with Gasteiger partial charge < -0.3 is 15.6 Å². The Hall–Kier alpha value is -0.120. The van der Waals surface area contributed by atoms with Gasteiger partial charge in [-0.15, -0.1) is 0 Å². The zero-order chi connectivity index (χ0) is 9.47. The van der Waals surface area contributed by atoms with Gasteiger partial charge in [0.25, 0.3) is 0 Å². The van der Waals surface area contributed by atoms with Crippen LogP contribution in [0, 0.1) is 5.92 Å². The van der Waals surface area contributed by atoms with E-state index < -0.39 is 5.60 Å². The maximum atomic E-state index is 10.4. The lowest BCUT2D eigenvalue weighted by Crippen LogP contribution is -2.52. The van der Waals surface area contributed by atoms with E-state index in [1.165, 1.54) is 0 Å². The van der Waals surface area contributed by atoms with Gasteiger partial charge in [-0.05, 0) is 38.1 Å². The van der Waals surface area contributed by atoms with Crippen LogP contribution in [-0.4, -0.2) is 29.5 Å². The zero-order valence-corrected chi connectivity index (χ0v) is 8.20. The lowest BCUT2D eigenvalue weighted by molar-refractivity contribution is -0.165. The third-order valence-electron chi connectivity index (χ3n) is 3.74. The summed E-state index contributed by atoms with van der Waals surface area (Å²) in [6.45, 7) is 2.56. The minimum Gasteiger partial charge on any atom is -0.387 e. The Morgan fingerprint density at radius 1 is 1.54 bits per heavy atom. The summed E-state index contributed by atoms with van der Waals surface area (Å²) in [5.41, 5.74) is 4.95. The van der Waals surface area contributed by atoms with Crippen molar-refractivity contribution in [2.45, 2.75) is 50.4 Å². The molecule has 0 saturated carbocycles. The van der Waals surface area contributed by atoms with E-state index in [9.17, 15) is 5.11 Å². The van der Waals surface area contributed by atoms with E-state index in [1.807, 2.05) is 6.92 Å². The first-order valence-electron chi connectivity index (χ1n) is 5.24. The van der Waals surface area contributed by atoms with Crippen molar-refractivity contribution in [1.82, 2.24) is 0 Å². The number of fused-ring (bicyclic) bond motifs is 2. The molecular formula is C10H19NO2. The van der Waals surface area contributed by atoms with E-state index >= 15 is 0 Å². The standard InChI is InChI=1S/C10H19NO2/c1-7(6-11)10(12)5-4-8-2-3-9(10)13-8/h7-9,12H,2-6,11H2,1H3. The largest absolute Gasteiger partial charge is 0.387 e. The Morgan fingerprint density at radius 3 is 3.00 bits per heavy atom. The Labute approximate surface area is 79.3 Å². The molecule has 2 aliphatic rings. The highest BCUT2D eigenvalue weighted by molar-refractivity contribution is 5.00. The number of rotatable bonds is 2. The molecule has 4 unspecified atom stereocenters. The smallest absolute Gasteiger partial charge is 0.0946 e. The first-order chi connectivity index (χ1) is 6.16. The second-order valence-corrected chi connectivity index (χ2v) is 4.49. The lowest BCUT2D eigenvalue weighted by atomic mass is 9.79. The number of ether oxygens (including phenoxy) is 1. The van der Waals surface area contributed by atoms with Crippen molar-refractivity contribution < 1.29 is 9.84 Å². The summed E-state index contributed by atoms with van der Waals surface area (Å²) in [5.74, 6) is 0.150. The Balaban J connectivity index is 2.12. The summed E-state index contributed by atoms with van der Waals surface area (Å²) >= 11 is 0. The van der Waals surface area contributed by atoms with Gasteiger partial charge in [-0.3, -0.25) is 0 Å². The monoisotopic (exact) mass is 185 g/mol. The lowest BCUT2D eigenvalue weighted by Gasteiger charge is -2.41. The van der Waals surface area contributed by atoms with E-state index in [0.29, 0.717) is 12.6 Å². The van der Waals surface area contributed by atoms with E-state index in [1.54, 1.807) is 0 Å². The van der Waals surface area contributed by atoms with Gasteiger partial charge in [0.2, 0.25) is 0 Å². The van der Waals surface area contributed by atoms with Crippen LogP contribution in [0.25, 0.3) is 0 Å². The minimum atomic E-state index is -0.651. The Bertz CT molecular complexity index is 197. The summed E-state index contributed by atoms with van der Waals surface area (Å²) in [5, 5.41) is 10.4. The molecule has 2 heterocycles. The quantitative estimate of drug-likeness (QED) is 0.664. The SMILES string of the molecule is CC(CN)C1(O)CCC2CCC1O2. The topological polar surface area (TPSA) is 55.5 Å². The second kappa shape index (κ2) is 3.23. The first kappa shape index (κ1) is 9.44. The van der Waals surface area contributed by atoms with Gasteiger partial charge in [-0.2, -0.15) is 0 Å². The molecule has 3 heteroatoms. The van der Waals surface area contributed by atoms with Crippen LogP contribution in [0.3, 0.4) is 0 Å². The van der Waals surface area contributed by atoms with Gasteiger partial charge in [0.1, 0.15) is 0 Å². The van der Waals surface area contributed by atoms with Gasteiger partial charge in [-0.25, -0.2) is 0 Å². The highest BCUT2D eigenvalue weighted by Gasteiger charge is 2.49. The molecule has 0 aliphatic carbocycles. The van der Waals surface area contributed by atoms with Crippen LogP contribution in [0.4, 0.5) is 0 Å². The summed E-state index contributed by atoms with van der Waals surface area (Å²) in [4.78, 5) is 0. The molecule has 2 bridgehead atoms. The van der Waals surface area contributed by atoms with E-state index in [-0.39, 0.29) is 12.0 Å². The van der Waals surface area contributed by atoms with Crippen LogP contribution in [0.2, 0.25) is 0 Å². The van der Waals surface area contributed by atoms with Gasteiger partial charge in [0.15, 0.2) is 0 Å². The fourth-order valence-electron chi connectivity index (χ4n) is 2.61. The average molecular weight is 185 g/mol. The zero-order valence-electron chi connectivity index (χ0n) is 8.20. The third kappa shape index (κ3) is 1.39. The summed E-state index contributed by atoms with van der Waals surface area (Å²) in [7, 11) is 0. The highest BCUT2D eigenvalue weighted by atomic mass is 16.5. The highest BCUT2D eigenvalue weighted by Crippen LogP contribution is 2.42. The normalized spacial score (nSPS) is 46.4. The third-order valence-corrected chi connectivity index (χ3v) is 3.74. The fraction of sp³-hybridized carbons (Fsp3) is 1.00. The van der Waals surface area contributed by atoms with Crippen LogP contribution in [0.5, 0.6) is 0 Å². The molecule has 0 spiro atoms. The number of aliphatic hydroxyl groups is 1. The Morgan fingerprint density at radius 2 is 2.31 bits per heavy atom. The maximum Gasteiger partial charge on any atom is 0.0946 e. The molecule has 76 valence electrons. The molecule has 2 rings (SSSR count). The van der Waals surface area contributed by atoms with Crippen molar-refractivity contribution in [2.24, 2.45) is 11.7 Å². The van der Waals surface area contributed by atoms with Crippen LogP contribution < -0.4 is 5.73 Å². The first-order valence-corrected chi connectivity index (χ1v) is 5.24. The summed E-state index contributed by atoms with van der Waals surface area (Å²) in [6.07, 6.45) is 4.44. The number of hydrogen-bond acceptors (Lipinski definition) is 3. The van der Waals surface area contributed by atoms with Crippen LogP contribution in [0.15, 0.2) is 0 Å². The molecule has 2 aliphatic heterocycles. The van der Waals surface area contributed by atoms with Crippen LogP contribution in [-0.2, 0) is 4.74 Å². The van der Waals surface area contributed by atoms with E-state index in [0.717, 1.165) is 25.7 Å². The molecule has 13 heavy (non-hydrogen) atoms. The molecule has 2 fully saturated rings. The van der Waals surface area contributed by atoms with Gasteiger partial charge >= 0.3 is 0 Å². The molecule has 3 nitrogen and oxygen atoms in total. The van der Waals surface area contributed by atoms with Crippen molar-refractivity contribution >= 4 is 0 Å². The maximum absolute atomic E-state index is 10.4. The van der Waals surface area contributed by atoms with Gasteiger partial charge in [-0.1, -0.05) is 6.92 Å².